The number of aliphatic hydroxyl groups excluding tert-OH is 2. The van der Waals surface area contributed by atoms with Gasteiger partial charge in [0.1, 0.15) is 17.7 Å². The van der Waals surface area contributed by atoms with Crippen molar-refractivity contribution in [1.82, 2.24) is 14.6 Å². The summed E-state index contributed by atoms with van der Waals surface area (Å²) in [6.45, 7) is 5.44. The van der Waals surface area contributed by atoms with Gasteiger partial charge in [-0.1, -0.05) is 11.8 Å². The molecule has 0 saturated heterocycles. The van der Waals surface area contributed by atoms with Gasteiger partial charge in [-0.3, -0.25) is 33.0 Å². The van der Waals surface area contributed by atoms with Crippen molar-refractivity contribution in [2.24, 2.45) is 11.1 Å². The van der Waals surface area contributed by atoms with Crippen molar-refractivity contribution in [1.29, 1.82) is 0 Å². The largest absolute Gasteiger partial charge is 0.462 e. The molecule has 41 heavy (non-hydrogen) atoms. The number of nitrogens with one attached hydrogen (secondary N) is 2. The Bertz CT molecular complexity index is 1170. The maximum Gasteiger partial charge on any atom is 0.406 e. The number of rotatable bonds is 18. The van der Waals surface area contributed by atoms with Gasteiger partial charge in [0.05, 0.1) is 31.3 Å². The summed E-state index contributed by atoms with van der Waals surface area (Å²) in [7, 11) is -3.41. The van der Waals surface area contributed by atoms with Crippen LogP contribution >= 0.6 is 19.5 Å². The van der Waals surface area contributed by atoms with E-state index in [1.807, 2.05) is 4.98 Å². The van der Waals surface area contributed by atoms with Gasteiger partial charge in [-0.15, -0.1) is 0 Å². The van der Waals surface area contributed by atoms with Crippen molar-refractivity contribution < 1.29 is 47.3 Å². The standard InChI is InChI=1S/C23H40FN4O11PS/c1-14(2)39-19(32)15(3)27-40(35,37-9-10-41-20(33)22(4,5)12-29)38-13-23(11-25,36-6)17(31)18(24)28-8-7-16(30)26-21(28)34/h7-8,14-15,17-18,29,31H,9-13,25H2,1-6H3,(H,27,35)(H,26,30,34)/t15?,17-,18-,23+,40?/m0/s1. The van der Waals surface area contributed by atoms with Gasteiger partial charge in [0.25, 0.3) is 5.56 Å². The molecule has 0 spiro atoms. The van der Waals surface area contributed by atoms with Crippen LogP contribution in [0.15, 0.2) is 21.9 Å². The molecule has 236 valence electrons. The van der Waals surface area contributed by atoms with Crippen molar-refractivity contribution in [2.45, 2.75) is 64.8 Å². The second-order valence-electron chi connectivity index (χ2n) is 9.93. The minimum atomic E-state index is -4.47. The quantitative estimate of drug-likeness (QED) is 0.0822. The van der Waals surface area contributed by atoms with Gasteiger partial charge in [-0.05, 0) is 34.6 Å². The number of hydrogen-bond donors (Lipinski definition) is 5. The fourth-order valence-corrected chi connectivity index (χ4v) is 5.49. The highest BCUT2D eigenvalue weighted by Crippen LogP contribution is 2.46. The maximum atomic E-state index is 15.3. The monoisotopic (exact) mass is 630 g/mol. The second kappa shape index (κ2) is 16.0. The zero-order valence-electron chi connectivity index (χ0n) is 23.8. The first kappa shape index (κ1) is 37.1. The third-order valence-electron chi connectivity index (χ3n) is 5.73. The summed E-state index contributed by atoms with van der Waals surface area (Å²) in [5.74, 6) is -0.807. The Kier molecular flexibility index (Phi) is 14.5. The number of alkyl halides is 1. The molecule has 1 aromatic rings. The van der Waals surface area contributed by atoms with Crippen LogP contribution < -0.4 is 22.1 Å². The highest BCUT2D eigenvalue weighted by molar-refractivity contribution is 8.13. The minimum absolute atomic E-state index is 0.0151. The number of halogens is 1. The van der Waals surface area contributed by atoms with Gasteiger partial charge >= 0.3 is 19.4 Å². The molecule has 0 aromatic carbocycles. The van der Waals surface area contributed by atoms with E-state index in [4.69, 9.17) is 24.3 Å². The Morgan fingerprint density at radius 2 is 1.90 bits per heavy atom. The summed E-state index contributed by atoms with van der Waals surface area (Å²) in [5, 5.41) is 22.2. The number of H-pyrrole nitrogens is 1. The van der Waals surface area contributed by atoms with Crippen LogP contribution in [0.3, 0.4) is 0 Å². The van der Waals surface area contributed by atoms with E-state index in [9.17, 15) is 34.0 Å². The molecule has 0 fully saturated rings. The first-order valence-electron chi connectivity index (χ1n) is 12.5. The molecular weight excluding hydrogens is 590 g/mol. The molecule has 1 rings (SSSR count). The fraction of sp³-hybridized carbons (Fsp3) is 0.739. The Morgan fingerprint density at radius 1 is 1.27 bits per heavy atom. The molecule has 2 unspecified atom stereocenters. The molecule has 1 heterocycles. The molecule has 5 atom stereocenters. The molecular formula is C23H40FN4O11PS. The molecule has 15 nitrogen and oxygen atoms in total. The number of aliphatic hydroxyl groups is 2. The number of nitrogens with two attached hydrogens (primary N) is 1. The predicted molar refractivity (Wildman–Crippen MR) is 148 cm³/mol. The predicted octanol–water partition coefficient (Wildman–Crippen LogP) is 0.0588. The Morgan fingerprint density at radius 3 is 2.41 bits per heavy atom. The van der Waals surface area contributed by atoms with Crippen LogP contribution in [0, 0.1) is 5.41 Å². The zero-order valence-corrected chi connectivity index (χ0v) is 25.5. The second-order valence-corrected chi connectivity index (χ2v) is 12.8. The van der Waals surface area contributed by atoms with Crippen LogP contribution in [0.5, 0.6) is 0 Å². The van der Waals surface area contributed by atoms with Crippen LogP contribution in [0.25, 0.3) is 0 Å². The van der Waals surface area contributed by atoms with E-state index in [1.165, 1.54) is 6.92 Å². The fourth-order valence-electron chi connectivity index (χ4n) is 3.03. The molecule has 0 amide bonds. The van der Waals surface area contributed by atoms with Gasteiger partial charge in [-0.25, -0.2) is 18.8 Å². The van der Waals surface area contributed by atoms with E-state index >= 15 is 4.39 Å². The number of aromatic amines is 1. The third kappa shape index (κ3) is 10.7. The van der Waals surface area contributed by atoms with E-state index in [0.717, 1.165) is 31.1 Å². The van der Waals surface area contributed by atoms with Gasteiger partial charge in [0.15, 0.2) is 5.12 Å². The van der Waals surface area contributed by atoms with E-state index in [2.05, 4.69) is 5.09 Å². The highest BCUT2D eigenvalue weighted by atomic mass is 32.2. The molecule has 0 bridgehead atoms. The Labute approximate surface area is 240 Å². The molecule has 0 saturated carbocycles. The van der Waals surface area contributed by atoms with Crippen LogP contribution in [0.1, 0.15) is 40.9 Å². The number of hydrogen-bond acceptors (Lipinski definition) is 13. The number of aromatic nitrogens is 2. The number of methoxy groups -OCH3 is 1. The average molecular weight is 631 g/mol. The van der Waals surface area contributed by atoms with E-state index in [0.29, 0.717) is 4.57 Å². The third-order valence-corrected chi connectivity index (χ3v) is 8.61. The Hall–Kier alpha value is -1.95. The molecule has 0 aliphatic rings. The summed E-state index contributed by atoms with van der Waals surface area (Å²) in [5.41, 5.74) is 0.703. The normalized spacial score (nSPS) is 17.3. The van der Waals surface area contributed by atoms with Gasteiger partial charge in [-0.2, -0.15) is 0 Å². The van der Waals surface area contributed by atoms with E-state index in [1.54, 1.807) is 27.7 Å². The number of carbonyl (C=O) groups excluding carboxylic acids is 2. The average Bonchev–Trinajstić information content (AvgIpc) is 2.90. The van der Waals surface area contributed by atoms with Crippen molar-refractivity contribution in [2.75, 3.05) is 39.2 Å². The SMILES string of the molecule is CO[C@](CN)(COP(=O)(NC(C)C(=O)OC(C)C)OCCSC(=O)C(C)(C)CO)[C@@H](O)[C@@H](F)n1ccc(=O)[nH]c1=O. The molecule has 1 aromatic heterocycles. The first-order valence-corrected chi connectivity index (χ1v) is 15.0. The summed E-state index contributed by atoms with van der Waals surface area (Å²) < 4.78 is 50.6. The molecule has 6 N–H and O–H groups in total. The summed E-state index contributed by atoms with van der Waals surface area (Å²) in [6, 6.07) is -0.360. The van der Waals surface area contributed by atoms with Gasteiger partial charge in [0, 0.05) is 31.7 Å². The number of nitrogens with zero attached hydrogens (tertiary/aromatic N) is 1. The highest BCUT2D eigenvalue weighted by Gasteiger charge is 2.46. The number of thioether (sulfide) groups is 1. The minimum Gasteiger partial charge on any atom is -0.462 e. The van der Waals surface area contributed by atoms with Crippen LogP contribution in [-0.4, -0.2) is 93.9 Å². The number of esters is 1. The first-order chi connectivity index (χ1) is 19.0. The Balaban J connectivity index is 3.18. The molecule has 18 heteroatoms. The molecule has 0 radical (unpaired) electrons. The van der Waals surface area contributed by atoms with Crippen molar-refractivity contribution in [3.05, 3.63) is 33.1 Å². The van der Waals surface area contributed by atoms with Crippen molar-refractivity contribution >= 4 is 30.6 Å². The zero-order chi connectivity index (χ0) is 31.6. The summed E-state index contributed by atoms with van der Waals surface area (Å²) in [6.07, 6.45) is -4.35. The van der Waals surface area contributed by atoms with Crippen LogP contribution in [0.2, 0.25) is 0 Å². The maximum absolute atomic E-state index is 15.3. The van der Waals surface area contributed by atoms with Crippen LogP contribution in [-0.2, 0) is 32.7 Å². The summed E-state index contributed by atoms with van der Waals surface area (Å²) >= 11 is 0.812. The van der Waals surface area contributed by atoms with Crippen LogP contribution in [0.4, 0.5) is 4.39 Å². The summed E-state index contributed by atoms with van der Waals surface area (Å²) in [4.78, 5) is 49.8. The lowest BCUT2D eigenvalue weighted by atomic mass is 9.96. The lowest BCUT2D eigenvalue weighted by Crippen LogP contribution is -2.57. The van der Waals surface area contributed by atoms with Crippen molar-refractivity contribution in [3.63, 3.8) is 0 Å². The number of carbonyl (C=O) groups is 2. The van der Waals surface area contributed by atoms with Gasteiger partial charge in [0.2, 0.25) is 6.30 Å². The van der Waals surface area contributed by atoms with E-state index < -0.39 is 73.7 Å². The lowest BCUT2D eigenvalue weighted by Gasteiger charge is -2.37. The van der Waals surface area contributed by atoms with Gasteiger partial charge < -0.3 is 25.4 Å². The lowest BCUT2D eigenvalue weighted by molar-refractivity contribution is -0.156. The number of ether oxygens (including phenoxy) is 2. The smallest absolute Gasteiger partial charge is 0.406 e. The molecule has 0 aliphatic carbocycles. The topological polar surface area (TPSA) is 221 Å². The van der Waals surface area contributed by atoms with Crippen molar-refractivity contribution in [3.8, 4) is 0 Å². The van der Waals surface area contributed by atoms with E-state index in [-0.39, 0.29) is 24.1 Å². The molecule has 0 aliphatic heterocycles.